The van der Waals surface area contributed by atoms with Gasteiger partial charge < -0.3 is 0 Å². The Balaban J connectivity index is 2.60. The minimum atomic E-state index is -2.96. The molecular weight excluding hydrogens is 486 g/mol. The molecule has 0 saturated carbocycles. The van der Waals surface area contributed by atoms with Gasteiger partial charge in [-0.15, -0.1) is 0 Å². The number of unbranched alkanes of at least 4 members (excludes halogenated alkanes) is 3. The molecule has 0 unspecified atom stereocenters. The van der Waals surface area contributed by atoms with Crippen molar-refractivity contribution in [1.29, 1.82) is 0 Å². The molecule has 1 atom stereocenters. The Kier molecular flexibility index (Phi) is 10.2. The zero-order valence-corrected chi connectivity index (χ0v) is 22.2. The summed E-state index contributed by atoms with van der Waals surface area (Å²) >= 11 is 3.57. The van der Waals surface area contributed by atoms with Gasteiger partial charge in [0.1, 0.15) is 0 Å². The van der Waals surface area contributed by atoms with Crippen LogP contribution in [-0.2, 0) is 0 Å². The monoisotopic (exact) mass is 524 g/mol. The Morgan fingerprint density at radius 3 is 1.97 bits per heavy atom. The first kappa shape index (κ1) is 24.5. The molecule has 2 rings (SSSR count). The van der Waals surface area contributed by atoms with Crippen molar-refractivity contribution in [3.8, 4) is 0 Å². The van der Waals surface area contributed by atoms with Crippen LogP contribution in [0.25, 0.3) is 0 Å². The normalized spacial score (nSPS) is 12.9. The predicted octanol–water partition coefficient (Wildman–Crippen LogP) is 6.56. The van der Waals surface area contributed by atoms with E-state index in [0.29, 0.717) is 5.15 Å². The van der Waals surface area contributed by atoms with E-state index >= 15 is 0 Å². The number of hydrogen-bond acceptors (Lipinski definition) is 2. The van der Waals surface area contributed by atoms with Crippen molar-refractivity contribution < 1.29 is 0 Å². The van der Waals surface area contributed by atoms with E-state index in [1.54, 1.807) is 6.20 Å². The second-order valence-electron chi connectivity index (χ2n) is 8.30. The molecule has 0 N–H and O–H groups in total. The molecular formula is C24H37ClN2OSn. The maximum absolute atomic E-state index is 13.8. The second-order valence-corrected chi connectivity index (χ2v) is 21.6. The summed E-state index contributed by atoms with van der Waals surface area (Å²) in [6.45, 7) is 8.82. The Morgan fingerprint density at radius 1 is 0.966 bits per heavy atom. The molecule has 0 radical (unpaired) electrons. The van der Waals surface area contributed by atoms with Crippen LogP contribution in [0.15, 0.2) is 41.3 Å². The first-order valence-corrected chi connectivity index (χ1v) is 19.2. The van der Waals surface area contributed by atoms with Crippen molar-refractivity contribution in [2.45, 2.75) is 85.6 Å². The summed E-state index contributed by atoms with van der Waals surface area (Å²) in [4.78, 5) is 18.5. The second kappa shape index (κ2) is 12.1. The van der Waals surface area contributed by atoms with Gasteiger partial charge in [-0.1, -0.05) is 0 Å². The summed E-state index contributed by atoms with van der Waals surface area (Å²) in [5.74, 6) is 0. The summed E-state index contributed by atoms with van der Waals surface area (Å²) in [7, 11) is 0. The van der Waals surface area contributed by atoms with E-state index in [4.69, 9.17) is 16.6 Å². The van der Waals surface area contributed by atoms with Crippen LogP contribution in [0.4, 0.5) is 0 Å². The molecule has 29 heavy (non-hydrogen) atoms. The van der Waals surface area contributed by atoms with Gasteiger partial charge >= 0.3 is 186 Å². The third-order valence-corrected chi connectivity index (χ3v) is 21.3. The van der Waals surface area contributed by atoms with Crippen molar-refractivity contribution in [2.24, 2.45) is 0 Å². The molecule has 0 fully saturated rings. The summed E-state index contributed by atoms with van der Waals surface area (Å²) in [6.07, 6.45) is 8.85. The molecule has 0 aliphatic rings. The zero-order chi connectivity index (χ0) is 21.3. The standard InChI is InChI=1S/C12H10ClN2O.3C4H9.Sn/c1-9(10-5-3-2-4-6-10)15-8-11(13)14-7-12(15)16;3*1-3-4-2;/h2-6,8-9H,1H3;3*1,3-4H2,2H3;/t9-;;;;/m1..../s1. The van der Waals surface area contributed by atoms with Crippen molar-refractivity contribution in [3.05, 3.63) is 57.6 Å². The van der Waals surface area contributed by atoms with E-state index in [0.717, 1.165) is 9.27 Å². The number of benzene rings is 1. The third kappa shape index (κ3) is 6.33. The van der Waals surface area contributed by atoms with Crippen LogP contribution in [0.3, 0.4) is 0 Å². The fourth-order valence-corrected chi connectivity index (χ4v) is 20.3. The van der Waals surface area contributed by atoms with Crippen molar-refractivity contribution >= 4 is 33.7 Å². The van der Waals surface area contributed by atoms with Crippen molar-refractivity contribution in [2.75, 3.05) is 0 Å². The van der Waals surface area contributed by atoms with E-state index in [2.05, 4.69) is 39.8 Å². The molecule has 2 aromatic rings. The molecule has 0 aliphatic heterocycles. The van der Waals surface area contributed by atoms with E-state index in [1.165, 1.54) is 51.8 Å². The zero-order valence-electron chi connectivity index (χ0n) is 18.6. The molecule has 0 bridgehead atoms. The molecule has 1 aromatic carbocycles. The van der Waals surface area contributed by atoms with Crippen LogP contribution in [0.2, 0.25) is 18.5 Å². The van der Waals surface area contributed by atoms with Gasteiger partial charge in [0.2, 0.25) is 0 Å². The van der Waals surface area contributed by atoms with Gasteiger partial charge in [0.15, 0.2) is 0 Å². The molecule has 160 valence electrons. The minimum absolute atomic E-state index is 0.0459. The van der Waals surface area contributed by atoms with Crippen LogP contribution in [0, 0.1) is 0 Å². The van der Waals surface area contributed by atoms with Crippen LogP contribution in [0.1, 0.15) is 77.8 Å². The number of halogens is 1. The first-order valence-electron chi connectivity index (χ1n) is 11.3. The summed E-state index contributed by atoms with van der Waals surface area (Å²) in [5.41, 5.74) is 1.24. The van der Waals surface area contributed by atoms with Gasteiger partial charge in [0.05, 0.1) is 0 Å². The average Bonchev–Trinajstić information content (AvgIpc) is 2.75. The molecule has 1 aromatic heterocycles. The topological polar surface area (TPSA) is 34.9 Å². The average molecular weight is 524 g/mol. The Labute approximate surface area is 185 Å². The van der Waals surface area contributed by atoms with Gasteiger partial charge in [0, 0.05) is 0 Å². The molecule has 5 heteroatoms. The molecule has 0 saturated heterocycles. The Morgan fingerprint density at radius 2 is 1.48 bits per heavy atom. The van der Waals surface area contributed by atoms with Crippen LogP contribution < -0.4 is 9.27 Å². The number of rotatable bonds is 12. The fourth-order valence-electron chi connectivity index (χ4n) is 4.28. The molecule has 3 nitrogen and oxygen atoms in total. The van der Waals surface area contributed by atoms with Gasteiger partial charge in [-0.3, -0.25) is 0 Å². The van der Waals surface area contributed by atoms with E-state index in [1.807, 2.05) is 22.8 Å². The van der Waals surface area contributed by atoms with E-state index in [-0.39, 0.29) is 11.6 Å². The fraction of sp³-hybridized carbons (Fsp3) is 0.583. The molecule has 0 aliphatic carbocycles. The quantitative estimate of drug-likeness (QED) is 0.295. The van der Waals surface area contributed by atoms with Gasteiger partial charge in [-0.05, 0) is 0 Å². The van der Waals surface area contributed by atoms with Gasteiger partial charge in [-0.2, -0.15) is 0 Å². The third-order valence-electron chi connectivity index (χ3n) is 6.13. The number of aromatic nitrogens is 2. The van der Waals surface area contributed by atoms with Crippen LogP contribution in [0.5, 0.6) is 0 Å². The summed E-state index contributed by atoms with van der Waals surface area (Å²) < 4.78 is 6.38. The summed E-state index contributed by atoms with van der Waals surface area (Å²) in [6, 6.07) is 10.2. The van der Waals surface area contributed by atoms with Gasteiger partial charge in [0.25, 0.3) is 0 Å². The SMILES string of the molecule is CCC[CH2][Sn]([CH2]CCC)([CH2]CCC)[c]1nc(Cl)cn([C@H](C)c2ccccc2)c1=O. The number of hydrogen-bond donors (Lipinski definition) is 0. The van der Waals surface area contributed by atoms with Crippen molar-refractivity contribution in [1.82, 2.24) is 9.55 Å². The van der Waals surface area contributed by atoms with Crippen LogP contribution in [-0.4, -0.2) is 27.9 Å². The Hall–Kier alpha value is -0.811. The number of nitrogens with zero attached hydrogens (tertiary/aromatic N) is 2. The molecule has 0 spiro atoms. The molecule has 0 amide bonds. The van der Waals surface area contributed by atoms with E-state index in [9.17, 15) is 4.79 Å². The predicted molar refractivity (Wildman–Crippen MR) is 128 cm³/mol. The van der Waals surface area contributed by atoms with Gasteiger partial charge in [-0.25, -0.2) is 0 Å². The maximum atomic E-state index is 13.8. The van der Waals surface area contributed by atoms with E-state index < -0.39 is 18.4 Å². The van der Waals surface area contributed by atoms with Crippen molar-refractivity contribution in [3.63, 3.8) is 0 Å². The summed E-state index contributed by atoms with van der Waals surface area (Å²) in [5, 5.41) is 0.466. The van der Waals surface area contributed by atoms with Crippen LogP contribution >= 0.6 is 11.6 Å². The first-order chi connectivity index (χ1) is 14.0. The molecule has 1 heterocycles. The Bertz CT molecular complexity index is 784.